The van der Waals surface area contributed by atoms with E-state index in [0.717, 1.165) is 5.75 Å². The summed E-state index contributed by atoms with van der Waals surface area (Å²) >= 11 is 0. The van der Waals surface area contributed by atoms with Crippen LogP contribution in [0.25, 0.3) is 0 Å². The molecule has 0 aromatic heterocycles. The smallest absolute Gasteiger partial charge is 0.238 e. The van der Waals surface area contributed by atoms with Gasteiger partial charge in [-0.3, -0.25) is 14.5 Å². The van der Waals surface area contributed by atoms with Crippen LogP contribution in [0.3, 0.4) is 0 Å². The van der Waals surface area contributed by atoms with Gasteiger partial charge in [0.15, 0.2) is 0 Å². The molecular formula is C22H21NO3. The molecule has 4 rings (SSSR count). The highest BCUT2D eigenvalue weighted by Gasteiger charge is 2.50. The number of anilines is 1. The highest BCUT2D eigenvalue weighted by molar-refractivity contribution is 6.22. The number of imide groups is 1. The topological polar surface area (TPSA) is 46.6 Å². The Morgan fingerprint density at radius 1 is 0.923 bits per heavy atom. The molecule has 1 saturated heterocycles. The molecule has 2 amide bonds. The fraction of sp³-hybridized carbons (Fsp3) is 0.273. The summed E-state index contributed by atoms with van der Waals surface area (Å²) in [4.78, 5) is 26.9. The lowest BCUT2D eigenvalue weighted by Crippen LogP contribution is -2.31. The zero-order valence-electron chi connectivity index (χ0n) is 14.9. The number of benzene rings is 2. The van der Waals surface area contributed by atoms with Gasteiger partial charge >= 0.3 is 0 Å². The molecule has 2 aromatic rings. The van der Waals surface area contributed by atoms with Gasteiger partial charge in [0.1, 0.15) is 11.5 Å². The Balaban J connectivity index is 1.54. The Morgan fingerprint density at radius 2 is 1.54 bits per heavy atom. The summed E-state index contributed by atoms with van der Waals surface area (Å²) in [5, 5.41) is 0. The maximum absolute atomic E-state index is 12.8. The van der Waals surface area contributed by atoms with Crippen LogP contribution in [0.5, 0.6) is 11.5 Å². The molecule has 0 bridgehead atoms. The fourth-order valence-corrected chi connectivity index (χ4v) is 3.81. The first kappa shape index (κ1) is 16.6. The minimum Gasteiger partial charge on any atom is -0.457 e. The van der Waals surface area contributed by atoms with Gasteiger partial charge in [0.25, 0.3) is 0 Å². The number of nitrogens with zero attached hydrogens (tertiary/aromatic N) is 1. The van der Waals surface area contributed by atoms with E-state index < -0.39 is 0 Å². The molecule has 3 atom stereocenters. The summed E-state index contributed by atoms with van der Waals surface area (Å²) in [6.07, 6.45) is 4.69. The van der Waals surface area contributed by atoms with Crippen molar-refractivity contribution in [2.24, 2.45) is 17.8 Å². The molecule has 2 aliphatic rings. The molecule has 1 aliphatic heterocycles. The van der Waals surface area contributed by atoms with E-state index in [4.69, 9.17) is 4.74 Å². The molecule has 132 valence electrons. The van der Waals surface area contributed by atoms with Crippen LogP contribution < -0.4 is 9.64 Å². The molecule has 4 nitrogen and oxygen atoms in total. The summed E-state index contributed by atoms with van der Waals surface area (Å²) in [5.41, 5.74) is 1.78. The molecule has 1 heterocycles. The van der Waals surface area contributed by atoms with Crippen molar-refractivity contribution in [2.45, 2.75) is 20.3 Å². The van der Waals surface area contributed by atoms with Crippen molar-refractivity contribution in [3.63, 3.8) is 0 Å². The highest BCUT2D eigenvalue weighted by Crippen LogP contribution is 2.40. The predicted molar refractivity (Wildman–Crippen MR) is 100 cm³/mol. The van der Waals surface area contributed by atoms with E-state index in [1.165, 1.54) is 10.5 Å². The largest absolute Gasteiger partial charge is 0.457 e. The van der Waals surface area contributed by atoms with Crippen LogP contribution in [0.15, 0.2) is 60.7 Å². The van der Waals surface area contributed by atoms with Crippen LogP contribution in [0, 0.1) is 24.7 Å². The van der Waals surface area contributed by atoms with Crippen molar-refractivity contribution in [3.05, 3.63) is 66.2 Å². The molecule has 0 saturated carbocycles. The zero-order valence-corrected chi connectivity index (χ0v) is 14.9. The third-order valence-electron chi connectivity index (χ3n) is 5.22. The molecule has 0 N–H and O–H groups in total. The molecule has 0 spiro atoms. The second-order valence-electron chi connectivity index (χ2n) is 7.08. The summed E-state index contributed by atoms with van der Waals surface area (Å²) in [6.45, 7) is 4.02. The Bertz CT molecular complexity index is 867. The highest BCUT2D eigenvalue weighted by atomic mass is 16.5. The first-order valence-electron chi connectivity index (χ1n) is 8.93. The van der Waals surface area contributed by atoms with Crippen LogP contribution in [0.2, 0.25) is 0 Å². The van der Waals surface area contributed by atoms with Crippen molar-refractivity contribution < 1.29 is 14.3 Å². The number of hydrogen-bond acceptors (Lipinski definition) is 3. The molecule has 1 fully saturated rings. The maximum atomic E-state index is 12.8. The van der Waals surface area contributed by atoms with Crippen molar-refractivity contribution in [2.75, 3.05) is 4.90 Å². The molecule has 0 unspecified atom stereocenters. The number of amides is 2. The van der Waals surface area contributed by atoms with Gasteiger partial charge in [0.2, 0.25) is 11.8 Å². The van der Waals surface area contributed by atoms with E-state index in [1.54, 1.807) is 24.3 Å². The van der Waals surface area contributed by atoms with E-state index in [0.29, 0.717) is 17.9 Å². The van der Waals surface area contributed by atoms with Crippen molar-refractivity contribution in [1.82, 2.24) is 0 Å². The summed E-state index contributed by atoms with van der Waals surface area (Å²) in [7, 11) is 0. The number of allylic oxidation sites excluding steroid dienone is 2. The molecule has 0 radical (unpaired) electrons. The fourth-order valence-electron chi connectivity index (χ4n) is 3.81. The van der Waals surface area contributed by atoms with Gasteiger partial charge in [-0.05, 0) is 55.7 Å². The van der Waals surface area contributed by atoms with Crippen LogP contribution in [0.4, 0.5) is 5.69 Å². The number of hydrogen-bond donors (Lipinski definition) is 0. The first-order chi connectivity index (χ1) is 12.5. The normalized spacial score (nSPS) is 24.7. The summed E-state index contributed by atoms with van der Waals surface area (Å²) in [5.74, 6) is 0.862. The van der Waals surface area contributed by atoms with Crippen LogP contribution in [0.1, 0.15) is 18.9 Å². The quantitative estimate of drug-likeness (QED) is 0.607. The van der Waals surface area contributed by atoms with Gasteiger partial charge in [-0.2, -0.15) is 0 Å². The predicted octanol–water partition coefficient (Wildman–Crippen LogP) is 4.49. The minimum atomic E-state index is -0.240. The Hall–Kier alpha value is -2.88. The number of ether oxygens (including phenoxy) is 1. The second kappa shape index (κ2) is 6.45. The van der Waals surface area contributed by atoms with Crippen molar-refractivity contribution in [1.29, 1.82) is 0 Å². The van der Waals surface area contributed by atoms with E-state index in [1.807, 2.05) is 50.3 Å². The molecule has 1 aliphatic carbocycles. The second-order valence-corrected chi connectivity index (χ2v) is 7.08. The van der Waals surface area contributed by atoms with E-state index in [9.17, 15) is 9.59 Å². The molecule has 4 heteroatoms. The van der Waals surface area contributed by atoms with Crippen LogP contribution in [-0.2, 0) is 9.59 Å². The van der Waals surface area contributed by atoms with Gasteiger partial charge < -0.3 is 4.74 Å². The van der Waals surface area contributed by atoms with Crippen molar-refractivity contribution >= 4 is 17.5 Å². The van der Waals surface area contributed by atoms with Gasteiger partial charge in [-0.25, -0.2) is 0 Å². The lowest BCUT2D eigenvalue weighted by molar-refractivity contribution is -0.122. The van der Waals surface area contributed by atoms with Gasteiger partial charge in [0, 0.05) is 0 Å². The van der Waals surface area contributed by atoms with Crippen LogP contribution >= 0.6 is 0 Å². The molecule has 2 aromatic carbocycles. The standard InChI is InChI=1S/C22H21NO3/c1-14-6-10-17(11-7-14)26-18-12-8-16(9-13-18)23-21(24)19-5-3-4-15(2)20(19)22(23)25/h3-4,6-13,15,19-20H,5H2,1-2H3/t15-,19-,20+/m0/s1. The summed E-state index contributed by atoms with van der Waals surface area (Å²) < 4.78 is 5.82. The average Bonchev–Trinajstić information content (AvgIpc) is 2.90. The number of aryl methyl sites for hydroxylation is 1. The SMILES string of the molecule is Cc1ccc(Oc2ccc(N3C(=O)[C@H]4[C@H](CC=C[C@@H]4C)C3=O)cc2)cc1. The van der Waals surface area contributed by atoms with Gasteiger partial charge in [-0.15, -0.1) is 0 Å². The third-order valence-corrected chi connectivity index (χ3v) is 5.22. The maximum Gasteiger partial charge on any atom is 0.238 e. The van der Waals surface area contributed by atoms with E-state index >= 15 is 0 Å². The van der Waals surface area contributed by atoms with Crippen molar-refractivity contribution in [3.8, 4) is 11.5 Å². The number of carbonyl (C=O) groups is 2. The number of rotatable bonds is 3. The van der Waals surface area contributed by atoms with E-state index in [2.05, 4.69) is 0 Å². The monoisotopic (exact) mass is 347 g/mol. The Morgan fingerprint density at radius 3 is 2.15 bits per heavy atom. The third kappa shape index (κ3) is 2.81. The zero-order chi connectivity index (χ0) is 18.3. The van der Waals surface area contributed by atoms with Gasteiger partial charge in [-0.1, -0.05) is 36.8 Å². The number of carbonyl (C=O) groups excluding carboxylic acids is 2. The minimum absolute atomic E-state index is 0.0935. The Labute approximate surface area is 153 Å². The average molecular weight is 347 g/mol. The van der Waals surface area contributed by atoms with Crippen LogP contribution in [-0.4, -0.2) is 11.8 Å². The Kier molecular flexibility index (Phi) is 4.11. The molecule has 26 heavy (non-hydrogen) atoms. The first-order valence-corrected chi connectivity index (χ1v) is 8.93. The summed E-state index contributed by atoms with van der Waals surface area (Å²) in [6, 6.07) is 14.9. The van der Waals surface area contributed by atoms with Gasteiger partial charge in [0.05, 0.1) is 17.5 Å². The number of fused-ring (bicyclic) bond motifs is 1. The van der Waals surface area contributed by atoms with E-state index in [-0.39, 0.29) is 29.6 Å². The lowest BCUT2D eigenvalue weighted by Gasteiger charge is -2.22. The lowest BCUT2D eigenvalue weighted by atomic mass is 9.78. The molecular weight excluding hydrogens is 326 g/mol.